The number of hydrogen-bond donors (Lipinski definition) is 1. The number of nitriles is 1. The normalized spacial score (nSPS) is 32.0. The van der Waals surface area contributed by atoms with Crippen LogP contribution in [0.2, 0.25) is 0 Å². The third-order valence-corrected chi connectivity index (χ3v) is 5.72. The van der Waals surface area contributed by atoms with Crippen molar-refractivity contribution in [3.8, 4) is 6.07 Å². The second kappa shape index (κ2) is 5.58. The zero-order chi connectivity index (χ0) is 16.7. The lowest BCUT2D eigenvalue weighted by atomic mass is 9.91. The van der Waals surface area contributed by atoms with E-state index in [1.54, 1.807) is 4.90 Å². The molecule has 2 aliphatic heterocycles. The summed E-state index contributed by atoms with van der Waals surface area (Å²) < 4.78 is 0. The first-order valence-corrected chi connectivity index (χ1v) is 8.48. The Morgan fingerprint density at radius 3 is 2.92 bits per heavy atom. The molecule has 126 valence electrons. The SMILES string of the molecule is N#C[C@@H]1CCCN(C(=O)[C@]23CCN(C(=O)c4ncn[nH]4)C[C@@H]2C3)C1. The van der Waals surface area contributed by atoms with Gasteiger partial charge in [0.2, 0.25) is 11.7 Å². The van der Waals surface area contributed by atoms with Crippen LogP contribution in [0.3, 0.4) is 0 Å². The second-order valence-corrected chi connectivity index (χ2v) is 7.11. The highest BCUT2D eigenvalue weighted by Gasteiger charge is 2.63. The molecule has 1 aromatic rings. The van der Waals surface area contributed by atoms with E-state index in [4.69, 9.17) is 5.26 Å². The zero-order valence-corrected chi connectivity index (χ0v) is 13.4. The molecule has 3 aliphatic rings. The molecule has 8 heteroatoms. The Bertz CT molecular complexity index is 696. The summed E-state index contributed by atoms with van der Waals surface area (Å²) in [6.07, 6.45) is 4.66. The van der Waals surface area contributed by atoms with Crippen molar-refractivity contribution in [2.75, 3.05) is 26.2 Å². The highest BCUT2D eigenvalue weighted by molar-refractivity contribution is 5.91. The average molecular weight is 328 g/mol. The van der Waals surface area contributed by atoms with Gasteiger partial charge < -0.3 is 9.80 Å². The Hall–Kier alpha value is -2.43. The maximum absolute atomic E-state index is 13.0. The Morgan fingerprint density at radius 2 is 2.21 bits per heavy atom. The third-order valence-electron chi connectivity index (χ3n) is 5.72. The first kappa shape index (κ1) is 15.1. The molecule has 8 nitrogen and oxygen atoms in total. The summed E-state index contributed by atoms with van der Waals surface area (Å²) in [5.41, 5.74) is -0.296. The summed E-state index contributed by atoms with van der Waals surface area (Å²) >= 11 is 0. The Morgan fingerprint density at radius 1 is 1.33 bits per heavy atom. The molecular weight excluding hydrogens is 308 g/mol. The van der Waals surface area contributed by atoms with Crippen LogP contribution in [-0.4, -0.2) is 63.0 Å². The number of piperidine rings is 2. The van der Waals surface area contributed by atoms with Gasteiger partial charge in [0.05, 0.1) is 17.4 Å². The van der Waals surface area contributed by atoms with Crippen LogP contribution in [0.5, 0.6) is 0 Å². The molecule has 0 bridgehead atoms. The summed E-state index contributed by atoms with van der Waals surface area (Å²) in [7, 11) is 0. The number of fused-ring (bicyclic) bond motifs is 1. The Labute approximate surface area is 139 Å². The molecule has 2 saturated heterocycles. The average Bonchev–Trinajstić information content (AvgIpc) is 3.11. The van der Waals surface area contributed by atoms with E-state index in [2.05, 4.69) is 21.3 Å². The zero-order valence-electron chi connectivity index (χ0n) is 13.4. The summed E-state index contributed by atoms with van der Waals surface area (Å²) in [6, 6.07) is 2.29. The van der Waals surface area contributed by atoms with Crippen LogP contribution in [0.15, 0.2) is 6.33 Å². The minimum atomic E-state index is -0.296. The highest BCUT2D eigenvalue weighted by Crippen LogP contribution is 2.59. The molecule has 1 N–H and O–H groups in total. The largest absolute Gasteiger partial charge is 0.341 e. The summed E-state index contributed by atoms with van der Waals surface area (Å²) in [6.45, 7) is 2.48. The Kier molecular flexibility index (Phi) is 3.52. The van der Waals surface area contributed by atoms with Crippen LogP contribution in [0, 0.1) is 28.6 Å². The fourth-order valence-electron chi connectivity index (χ4n) is 4.21. The van der Waals surface area contributed by atoms with Crippen molar-refractivity contribution in [2.45, 2.75) is 25.7 Å². The molecule has 1 aliphatic carbocycles. The van der Waals surface area contributed by atoms with Crippen LogP contribution < -0.4 is 0 Å². The van der Waals surface area contributed by atoms with Crippen molar-refractivity contribution in [1.82, 2.24) is 25.0 Å². The predicted molar refractivity (Wildman–Crippen MR) is 82.4 cm³/mol. The smallest absolute Gasteiger partial charge is 0.291 e. The van der Waals surface area contributed by atoms with Gasteiger partial charge in [0.25, 0.3) is 5.91 Å². The molecule has 0 aromatic carbocycles. The number of aromatic amines is 1. The molecule has 1 saturated carbocycles. The standard InChI is InChI=1S/C16H20N6O2/c17-7-11-2-1-4-22(8-11)15(24)16-3-5-21(9-12(16)6-16)14(23)13-18-10-19-20-13/h10-12H,1-6,8-9H2,(H,18,19,20)/t11-,12-,16-/m0/s1. The lowest BCUT2D eigenvalue weighted by molar-refractivity contribution is -0.140. The van der Waals surface area contributed by atoms with Crippen LogP contribution in [0.25, 0.3) is 0 Å². The lowest BCUT2D eigenvalue weighted by Gasteiger charge is -2.36. The molecule has 2 amide bonds. The fraction of sp³-hybridized carbons (Fsp3) is 0.688. The number of hydrogen-bond acceptors (Lipinski definition) is 5. The van der Waals surface area contributed by atoms with Crippen LogP contribution in [-0.2, 0) is 4.79 Å². The third kappa shape index (κ3) is 2.35. The molecule has 24 heavy (non-hydrogen) atoms. The number of aromatic nitrogens is 3. The van der Waals surface area contributed by atoms with Crippen molar-refractivity contribution >= 4 is 11.8 Å². The first-order valence-electron chi connectivity index (χ1n) is 8.48. The molecule has 0 unspecified atom stereocenters. The van der Waals surface area contributed by atoms with Crippen molar-refractivity contribution in [3.63, 3.8) is 0 Å². The van der Waals surface area contributed by atoms with E-state index in [-0.39, 0.29) is 34.9 Å². The van der Waals surface area contributed by atoms with Gasteiger partial charge in [0.15, 0.2) is 0 Å². The number of rotatable bonds is 2. The molecule has 0 spiro atoms. The molecular formula is C16H20N6O2. The molecule has 1 aromatic heterocycles. The van der Waals surface area contributed by atoms with Gasteiger partial charge in [-0.05, 0) is 31.6 Å². The van der Waals surface area contributed by atoms with E-state index >= 15 is 0 Å². The van der Waals surface area contributed by atoms with Crippen LogP contribution >= 0.6 is 0 Å². The van der Waals surface area contributed by atoms with E-state index < -0.39 is 0 Å². The van der Waals surface area contributed by atoms with E-state index in [0.717, 1.165) is 25.8 Å². The van der Waals surface area contributed by atoms with E-state index in [0.29, 0.717) is 26.1 Å². The van der Waals surface area contributed by atoms with Crippen molar-refractivity contribution in [1.29, 1.82) is 5.26 Å². The molecule has 0 radical (unpaired) electrons. The van der Waals surface area contributed by atoms with E-state index in [1.165, 1.54) is 6.33 Å². The van der Waals surface area contributed by atoms with Gasteiger partial charge in [-0.15, -0.1) is 0 Å². The number of carbonyl (C=O) groups is 2. The minimum Gasteiger partial charge on any atom is -0.341 e. The summed E-state index contributed by atoms with van der Waals surface area (Å²) in [4.78, 5) is 32.9. The van der Waals surface area contributed by atoms with Gasteiger partial charge in [-0.2, -0.15) is 10.4 Å². The number of amides is 2. The van der Waals surface area contributed by atoms with E-state index in [9.17, 15) is 9.59 Å². The van der Waals surface area contributed by atoms with E-state index in [1.807, 2.05) is 4.90 Å². The highest BCUT2D eigenvalue weighted by atomic mass is 16.2. The number of likely N-dealkylation sites (tertiary alicyclic amines) is 2. The lowest BCUT2D eigenvalue weighted by Crippen LogP contribution is -2.48. The van der Waals surface area contributed by atoms with Gasteiger partial charge in [0.1, 0.15) is 6.33 Å². The predicted octanol–water partition coefficient (Wildman–Crippen LogP) is 0.419. The molecule has 3 heterocycles. The van der Waals surface area contributed by atoms with Crippen LogP contribution in [0.1, 0.15) is 36.3 Å². The number of H-pyrrole nitrogens is 1. The molecule has 4 rings (SSSR count). The minimum absolute atomic E-state index is 0.0376. The van der Waals surface area contributed by atoms with Gasteiger partial charge in [0, 0.05) is 26.2 Å². The first-order chi connectivity index (χ1) is 11.6. The maximum atomic E-state index is 13.0. The van der Waals surface area contributed by atoms with Gasteiger partial charge in [-0.3, -0.25) is 14.7 Å². The van der Waals surface area contributed by atoms with Crippen molar-refractivity contribution in [2.24, 2.45) is 17.3 Å². The topological polar surface area (TPSA) is 106 Å². The van der Waals surface area contributed by atoms with Gasteiger partial charge >= 0.3 is 0 Å². The van der Waals surface area contributed by atoms with Crippen molar-refractivity contribution < 1.29 is 9.59 Å². The fourth-order valence-corrected chi connectivity index (χ4v) is 4.21. The quantitative estimate of drug-likeness (QED) is 0.847. The number of carbonyl (C=O) groups excluding carboxylic acids is 2. The van der Waals surface area contributed by atoms with Gasteiger partial charge in [-0.1, -0.05) is 0 Å². The molecule has 3 fully saturated rings. The Balaban J connectivity index is 1.40. The van der Waals surface area contributed by atoms with Crippen molar-refractivity contribution in [3.05, 3.63) is 12.2 Å². The summed E-state index contributed by atoms with van der Waals surface area (Å²) in [5.74, 6) is 0.488. The summed E-state index contributed by atoms with van der Waals surface area (Å²) in [5, 5.41) is 15.4. The van der Waals surface area contributed by atoms with Crippen LogP contribution in [0.4, 0.5) is 0 Å². The number of nitrogens with one attached hydrogen (secondary N) is 1. The second-order valence-electron chi connectivity index (χ2n) is 7.11. The molecule has 3 atom stereocenters. The monoisotopic (exact) mass is 328 g/mol. The maximum Gasteiger partial charge on any atom is 0.291 e. The number of nitrogens with zero attached hydrogens (tertiary/aromatic N) is 5. The van der Waals surface area contributed by atoms with Gasteiger partial charge in [-0.25, -0.2) is 4.98 Å².